The molecule has 0 aliphatic carbocycles. The second-order valence-corrected chi connectivity index (χ2v) is 11.7. The molecule has 0 unspecified atom stereocenters. The van der Waals surface area contributed by atoms with Crippen LogP contribution in [0.5, 0.6) is 0 Å². The van der Waals surface area contributed by atoms with Crippen molar-refractivity contribution in [3.63, 3.8) is 0 Å². The minimum absolute atomic E-state index is 0.0263. The topological polar surface area (TPSA) is 129 Å². The van der Waals surface area contributed by atoms with Crippen LogP contribution in [0.15, 0.2) is 30.4 Å². The Balaban J connectivity index is 2.46. The van der Waals surface area contributed by atoms with Crippen molar-refractivity contribution >= 4 is 99.1 Å². The molecule has 0 fully saturated rings. The van der Waals surface area contributed by atoms with Crippen LogP contribution < -0.4 is 4.90 Å². The van der Waals surface area contributed by atoms with Gasteiger partial charge in [-0.2, -0.15) is 0 Å². The predicted molar refractivity (Wildman–Crippen MR) is 143 cm³/mol. The lowest BCUT2D eigenvalue weighted by Crippen LogP contribution is -2.36. The molecule has 0 N–H and O–H groups in total. The smallest absolute Gasteiger partial charge is 0.325 e. The lowest BCUT2D eigenvalue weighted by Gasteiger charge is -2.24. The fraction of sp³-hybridized carbons (Fsp3) is 0.318. The molecule has 202 valence electrons. The fourth-order valence-corrected chi connectivity index (χ4v) is 3.33. The Morgan fingerprint density at radius 3 is 1.74 bits per heavy atom. The van der Waals surface area contributed by atoms with E-state index in [1.165, 1.54) is 16.8 Å². The first-order valence-electron chi connectivity index (χ1n) is 10.2. The second-order valence-electron chi connectivity index (χ2n) is 7.17. The summed E-state index contributed by atoms with van der Waals surface area (Å²) in [5, 5.41) is 0. The summed E-state index contributed by atoms with van der Waals surface area (Å²) < 4.78 is 5.74. The van der Waals surface area contributed by atoms with Crippen LogP contribution in [0.1, 0.15) is 17.2 Å². The molecule has 0 saturated carbocycles. The molecule has 16 heteroatoms. The molecular formula is C22H16Cl6N4O6. The third-order valence-electron chi connectivity index (χ3n) is 4.42. The SMILES string of the molecule is Cc1cc(N(CC(=O)OCC=C=O)CC(=O)OCC=C=O)ccc1-c1nc(C(Cl)(Cl)Cl)nc(C(Cl)(Cl)Cl)n1. The van der Waals surface area contributed by atoms with Gasteiger partial charge in [0, 0.05) is 23.4 Å². The molecule has 0 bridgehead atoms. The third-order valence-corrected chi connectivity index (χ3v) is 5.43. The second kappa shape index (κ2) is 14.1. The van der Waals surface area contributed by atoms with Gasteiger partial charge in [0.25, 0.3) is 0 Å². The predicted octanol–water partition coefficient (Wildman–Crippen LogP) is 4.17. The molecule has 38 heavy (non-hydrogen) atoms. The average Bonchev–Trinajstić information content (AvgIpc) is 2.82. The van der Waals surface area contributed by atoms with Crippen molar-refractivity contribution in [3.8, 4) is 11.4 Å². The van der Waals surface area contributed by atoms with Gasteiger partial charge in [-0.3, -0.25) is 9.59 Å². The summed E-state index contributed by atoms with van der Waals surface area (Å²) in [6.45, 7) is 0.332. The quantitative estimate of drug-likeness (QED) is 0.211. The Labute approximate surface area is 246 Å². The van der Waals surface area contributed by atoms with Gasteiger partial charge in [-0.1, -0.05) is 69.6 Å². The van der Waals surface area contributed by atoms with E-state index in [9.17, 15) is 19.2 Å². The van der Waals surface area contributed by atoms with E-state index in [2.05, 4.69) is 15.0 Å². The minimum atomic E-state index is -2.05. The number of alkyl halides is 6. The first kappa shape index (κ1) is 31.8. The Kier molecular flexibility index (Phi) is 11.8. The molecule has 1 aromatic heterocycles. The Morgan fingerprint density at radius 1 is 0.868 bits per heavy atom. The Hall–Kier alpha value is -2.39. The summed E-state index contributed by atoms with van der Waals surface area (Å²) >= 11 is 35.7. The zero-order valence-electron chi connectivity index (χ0n) is 19.2. The van der Waals surface area contributed by atoms with E-state index in [4.69, 9.17) is 79.1 Å². The summed E-state index contributed by atoms with van der Waals surface area (Å²) in [5.41, 5.74) is 1.38. The fourth-order valence-electron chi connectivity index (χ4n) is 2.82. The van der Waals surface area contributed by atoms with Gasteiger partial charge < -0.3 is 14.4 Å². The zero-order chi connectivity index (χ0) is 28.5. The molecule has 0 spiro atoms. The summed E-state index contributed by atoms with van der Waals surface area (Å²) in [4.78, 5) is 58.8. The summed E-state index contributed by atoms with van der Waals surface area (Å²) in [5.74, 6) is 0.955. The standard InChI is InChI=1S/C22H16Cl6N4O6/c1-13-10-14(32(11-16(35)37-8-2-6-33)12-17(36)38-9-3-7-34)4-5-15(13)18-29-19(21(23,24)25)31-20(30-18)22(26,27)28/h2-5,10H,8-9,11-12H2,1H3. The Morgan fingerprint density at radius 2 is 1.34 bits per heavy atom. The van der Waals surface area contributed by atoms with Gasteiger partial charge in [0.05, 0.1) is 0 Å². The van der Waals surface area contributed by atoms with Crippen LogP contribution in [-0.4, -0.2) is 65.1 Å². The van der Waals surface area contributed by atoms with Crippen LogP contribution in [0.4, 0.5) is 5.69 Å². The number of aryl methyl sites for hydroxylation is 1. The highest BCUT2D eigenvalue weighted by molar-refractivity contribution is 6.67. The number of halogens is 6. The summed E-state index contributed by atoms with van der Waals surface area (Å²) in [6, 6.07) is 4.73. The van der Waals surface area contributed by atoms with E-state index in [1.54, 1.807) is 25.1 Å². The van der Waals surface area contributed by atoms with Crippen LogP contribution in [0.2, 0.25) is 0 Å². The number of hydrogen-bond donors (Lipinski definition) is 0. The normalized spacial score (nSPS) is 11.1. The lowest BCUT2D eigenvalue weighted by molar-refractivity contribution is -0.141. The molecule has 0 radical (unpaired) electrons. The summed E-state index contributed by atoms with van der Waals surface area (Å²) in [7, 11) is 0. The number of carbonyl (C=O) groups excluding carboxylic acids is 4. The number of esters is 2. The van der Waals surface area contributed by atoms with Crippen LogP contribution in [0, 0.1) is 6.92 Å². The minimum Gasteiger partial charge on any atom is -0.459 e. The van der Waals surface area contributed by atoms with Crippen LogP contribution >= 0.6 is 69.6 Å². The number of aromatic nitrogens is 3. The van der Waals surface area contributed by atoms with Gasteiger partial charge in [0.1, 0.15) is 38.2 Å². The molecule has 0 aliphatic heterocycles. The van der Waals surface area contributed by atoms with Gasteiger partial charge in [-0.25, -0.2) is 24.5 Å². The molecule has 2 aromatic rings. The van der Waals surface area contributed by atoms with Crippen molar-refractivity contribution in [2.24, 2.45) is 0 Å². The largest absolute Gasteiger partial charge is 0.459 e. The molecule has 0 aliphatic rings. The van der Waals surface area contributed by atoms with Crippen molar-refractivity contribution in [1.29, 1.82) is 0 Å². The summed E-state index contributed by atoms with van der Waals surface area (Å²) in [6.07, 6.45) is 1.96. The lowest BCUT2D eigenvalue weighted by atomic mass is 10.1. The highest BCUT2D eigenvalue weighted by atomic mass is 35.6. The van der Waals surface area contributed by atoms with Crippen molar-refractivity contribution in [1.82, 2.24) is 15.0 Å². The maximum atomic E-state index is 12.3. The maximum absolute atomic E-state index is 12.3. The highest BCUT2D eigenvalue weighted by Crippen LogP contribution is 2.41. The molecular weight excluding hydrogens is 629 g/mol. The first-order chi connectivity index (χ1) is 17.8. The van der Waals surface area contributed by atoms with E-state index < -0.39 is 19.5 Å². The van der Waals surface area contributed by atoms with E-state index in [1.807, 2.05) is 0 Å². The molecule has 2 rings (SSSR count). The Bertz CT molecular complexity index is 1220. The first-order valence-corrected chi connectivity index (χ1v) is 12.5. The number of ether oxygens (including phenoxy) is 2. The van der Waals surface area contributed by atoms with Gasteiger partial charge in [-0.15, -0.1) is 0 Å². The number of carbonyl (C=O) groups is 2. The number of hydrogen-bond acceptors (Lipinski definition) is 10. The maximum Gasteiger partial charge on any atom is 0.325 e. The molecule has 1 heterocycles. The average molecular weight is 645 g/mol. The number of anilines is 1. The van der Waals surface area contributed by atoms with Crippen molar-refractivity contribution in [3.05, 3.63) is 47.6 Å². The van der Waals surface area contributed by atoms with Crippen LogP contribution in [0.3, 0.4) is 0 Å². The number of benzene rings is 1. The van der Waals surface area contributed by atoms with Gasteiger partial charge in [0.2, 0.25) is 7.59 Å². The molecule has 0 atom stereocenters. The van der Waals surface area contributed by atoms with E-state index in [0.29, 0.717) is 16.8 Å². The number of nitrogens with zero attached hydrogens (tertiary/aromatic N) is 4. The van der Waals surface area contributed by atoms with Crippen LogP contribution in [0.25, 0.3) is 11.4 Å². The van der Waals surface area contributed by atoms with Gasteiger partial charge >= 0.3 is 11.9 Å². The van der Waals surface area contributed by atoms with E-state index in [-0.39, 0.29) is 43.8 Å². The van der Waals surface area contributed by atoms with Crippen molar-refractivity contribution in [2.45, 2.75) is 14.5 Å². The highest BCUT2D eigenvalue weighted by Gasteiger charge is 2.34. The molecule has 10 nitrogen and oxygen atoms in total. The van der Waals surface area contributed by atoms with Gasteiger partial charge in [0.15, 0.2) is 17.5 Å². The van der Waals surface area contributed by atoms with E-state index >= 15 is 0 Å². The van der Waals surface area contributed by atoms with Crippen molar-refractivity contribution < 1.29 is 28.7 Å². The molecule has 0 amide bonds. The van der Waals surface area contributed by atoms with Crippen LogP contribution in [-0.2, 0) is 36.2 Å². The van der Waals surface area contributed by atoms with Crippen molar-refractivity contribution in [2.75, 3.05) is 31.2 Å². The molecule has 1 aromatic carbocycles. The monoisotopic (exact) mass is 642 g/mol. The van der Waals surface area contributed by atoms with Gasteiger partial charge in [-0.05, 0) is 30.7 Å². The molecule has 0 saturated heterocycles. The number of rotatable bonds is 10. The van der Waals surface area contributed by atoms with E-state index in [0.717, 1.165) is 12.2 Å². The third kappa shape index (κ3) is 9.73. The zero-order valence-corrected chi connectivity index (χ0v) is 23.8.